The molecule has 8 heteroatoms. The van der Waals surface area contributed by atoms with Gasteiger partial charge in [0.2, 0.25) is 5.91 Å². The Balaban J connectivity index is 0.00000169. The second kappa shape index (κ2) is 11.0. The Hall–Kier alpha value is -0.950. The van der Waals surface area contributed by atoms with Crippen LogP contribution >= 0.6 is 24.8 Å². The first-order valence-corrected chi connectivity index (χ1v) is 8.76. The first-order chi connectivity index (χ1) is 11.6. The summed E-state index contributed by atoms with van der Waals surface area (Å²) in [7, 11) is 0. The molecule has 0 spiro atoms. The molecule has 1 saturated heterocycles. The van der Waals surface area contributed by atoms with Crippen molar-refractivity contribution in [2.75, 3.05) is 26.2 Å². The van der Waals surface area contributed by atoms with E-state index in [0.29, 0.717) is 13.1 Å². The maximum absolute atomic E-state index is 13.2. The number of hydrogen-bond acceptors (Lipinski definition) is 3. The standard InChI is InChI=1S/C18H25F2N3O.2ClH/c19-16-4-3-14(9-17(16)20)12-23-7-5-15(6-8-23)22-18(24)11-21-10-13-1-2-13;;/h3-4,9,13,15,21H,1-2,5-8,10-12H2,(H,22,24);2*1H. The molecular formula is C18H27Cl2F2N3O. The Bertz CT molecular complexity index is 580. The predicted octanol–water partition coefficient (Wildman–Crippen LogP) is 2.89. The van der Waals surface area contributed by atoms with E-state index in [9.17, 15) is 13.6 Å². The van der Waals surface area contributed by atoms with Crippen molar-refractivity contribution in [2.24, 2.45) is 5.92 Å². The zero-order valence-electron chi connectivity index (χ0n) is 14.7. The lowest BCUT2D eigenvalue weighted by Crippen LogP contribution is -2.46. The van der Waals surface area contributed by atoms with Crippen LogP contribution in [0.2, 0.25) is 0 Å². The number of piperidine rings is 1. The van der Waals surface area contributed by atoms with E-state index in [1.54, 1.807) is 6.07 Å². The Morgan fingerprint density at radius 1 is 1.08 bits per heavy atom. The van der Waals surface area contributed by atoms with Crippen LogP contribution < -0.4 is 10.6 Å². The molecule has 0 bridgehead atoms. The minimum atomic E-state index is -0.810. The Kier molecular flexibility index (Phi) is 9.79. The number of likely N-dealkylation sites (tertiary alicyclic amines) is 1. The predicted molar refractivity (Wildman–Crippen MR) is 103 cm³/mol. The van der Waals surface area contributed by atoms with Gasteiger partial charge in [-0.25, -0.2) is 8.78 Å². The number of nitrogens with one attached hydrogen (secondary N) is 2. The summed E-state index contributed by atoms with van der Waals surface area (Å²) in [6, 6.07) is 4.26. The van der Waals surface area contributed by atoms with E-state index >= 15 is 0 Å². The number of carbonyl (C=O) groups excluding carboxylic acids is 1. The lowest BCUT2D eigenvalue weighted by atomic mass is 10.0. The van der Waals surface area contributed by atoms with E-state index < -0.39 is 11.6 Å². The smallest absolute Gasteiger partial charge is 0.234 e. The number of halogens is 4. The van der Waals surface area contributed by atoms with Crippen LogP contribution in [-0.2, 0) is 11.3 Å². The first kappa shape index (κ1) is 23.1. The molecule has 4 nitrogen and oxygen atoms in total. The summed E-state index contributed by atoms with van der Waals surface area (Å²) in [5.74, 6) is -0.768. The third-order valence-corrected chi connectivity index (χ3v) is 4.76. The third kappa shape index (κ3) is 7.35. The number of amides is 1. The first-order valence-electron chi connectivity index (χ1n) is 8.76. The lowest BCUT2D eigenvalue weighted by Gasteiger charge is -2.32. The second-order valence-electron chi connectivity index (χ2n) is 6.94. The SMILES string of the molecule is Cl.Cl.O=C(CNCC1CC1)NC1CCN(Cc2ccc(F)c(F)c2)CC1. The van der Waals surface area contributed by atoms with Gasteiger partial charge in [0, 0.05) is 25.7 Å². The number of carbonyl (C=O) groups is 1. The van der Waals surface area contributed by atoms with E-state index in [1.165, 1.54) is 25.0 Å². The molecule has 148 valence electrons. The van der Waals surface area contributed by atoms with E-state index in [1.807, 2.05) is 0 Å². The summed E-state index contributed by atoms with van der Waals surface area (Å²) in [4.78, 5) is 14.1. The number of hydrogen-bond donors (Lipinski definition) is 2. The molecule has 0 atom stereocenters. The molecule has 1 aliphatic heterocycles. The molecule has 1 saturated carbocycles. The lowest BCUT2D eigenvalue weighted by molar-refractivity contribution is -0.121. The summed E-state index contributed by atoms with van der Waals surface area (Å²) < 4.78 is 26.2. The molecule has 1 aromatic carbocycles. The molecule has 2 aliphatic rings. The highest BCUT2D eigenvalue weighted by atomic mass is 35.5. The fourth-order valence-electron chi connectivity index (χ4n) is 3.12. The van der Waals surface area contributed by atoms with Crippen molar-refractivity contribution < 1.29 is 13.6 Å². The monoisotopic (exact) mass is 409 g/mol. The van der Waals surface area contributed by atoms with Crippen molar-refractivity contribution in [2.45, 2.75) is 38.3 Å². The molecule has 1 amide bonds. The van der Waals surface area contributed by atoms with Crippen molar-refractivity contribution in [1.82, 2.24) is 15.5 Å². The van der Waals surface area contributed by atoms with Crippen molar-refractivity contribution >= 4 is 30.7 Å². The van der Waals surface area contributed by atoms with Crippen LogP contribution in [0.15, 0.2) is 18.2 Å². The second-order valence-corrected chi connectivity index (χ2v) is 6.94. The van der Waals surface area contributed by atoms with Gasteiger partial charge < -0.3 is 10.6 Å². The topological polar surface area (TPSA) is 44.4 Å². The molecule has 3 rings (SSSR count). The van der Waals surface area contributed by atoms with Crippen LogP contribution in [0.25, 0.3) is 0 Å². The van der Waals surface area contributed by atoms with Gasteiger partial charge in [-0.05, 0) is 55.8 Å². The minimum Gasteiger partial charge on any atom is -0.352 e. The summed E-state index contributed by atoms with van der Waals surface area (Å²) in [5, 5.41) is 6.28. The fourth-order valence-corrected chi connectivity index (χ4v) is 3.12. The Morgan fingerprint density at radius 2 is 1.77 bits per heavy atom. The van der Waals surface area contributed by atoms with Gasteiger partial charge in [-0.2, -0.15) is 0 Å². The van der Waals surface area contributed by atoms with Crippen LogP contribution in [0.1, 0.15) is 31.2 Å². The minimum absolute atomic E-state index is 0. The molecule has 0 radical (unpaired) electrons. The van der Waals surface area contributed by atoms with Gasteiger partial charge in [0.25, 0.3) is 0 Å². The van der Waals surface area contributed by atoms with Crippen molar-refractivity contribution in [1.29, 1.82) is 0 Å². The summed E-state index contributed by atoms with van der Waals surface area (Å²) in [6.45, 7) is 3.64. The largest absolute Gasteiger partial charge is 0.352 e. The van der Waals surface area contributed by atoms with Crippen LogP contribution in [0.4, 0.5) is 8.78 Å². The van der Waals surface area contributed by atoms with Gasteiger partial charge in [-0.3, -0.25) is 9.69 Å². The maximum atomic E-state index is 13.2. The molecule has 2 N–H and O–H groups in total. The Morgan fingerprint density at radius 3 is 2.38 bits per heavy atom. The average Bonchev–Trinajstić information content (AvgIpc) is 3.37. The van der Waals surface area contributed by atoms with Crippen molar-refractivity contribution in [3.63, 3.8) is 0 Å². The third-order valence-electron chi connectivity index (χ3n) is 4.76. The molecular weight excluding hydrogens is 383 g/mol. The van der Waals surface area contributed by atoms with Gasteiger partial charge >= 0.3 is 0 Å². The zero-order chi connectivity index (χ0) is 16.9. The molecule has 1 aliphatic carbocycles. The molecule has 1 aromatic rings. The van der Waals surface area contributed by atoms with Gasteiger partial charge in [-0.15, -0.1) is 24.8 Å². The zero-order valence-corrected chi connectivity index (χ0v) is 16.3. The average molecular weight is 410 g/mol. The van der Waals surface area contributed by atoms with Gasteiger partial charge in [-0.1, -0.05) is 6.07 Å². The highest BCUT2D eigenvalue weighted by molar-refractivity contribution is 5.85. The molecule has 0 aromatic heterocycles. The molecule has 26 heavy (non-hydrogen) atoms. The van der Waals surface area contributed by atoms with E-state index in [0.717, 1.165) is 44.0 Å². The van der Waals surface area contributed by atoms with Crippen molar-refractivity contribution in [3.05, 3.63) is 35.4 Å². The fraction of sp³-hybridized carbons (Fsp3) is 0.611. The van der Waals surface area contributed by atoms with Crippen LogP contribution in [-0.4, -0.2) is 43.0 Å². The number of rotatable bonds is 7. The van der Waals surface area contributed by atoms with E-state index in [4.69, 9.17) is 0 Å². The van der Waals surface area contributed by atoms with Crippen LogP contribution in [0, 0.1) is 17.6 Å². The van der Waals surface area contributed by atoms with Crippen LogP contribution in [0.3, 0.4) is 0 Å². The highest BCUT2D eigenvalue weighted by Crippen LogP contribution is 2.27. The number of benzene rings is 1. The van der Waals surface area contributed by atoms with Gasteiger partial charge in [0.1, 0.15) is 0 Å². The molecule has 1 heterocycles. The summed E-state index contributed by atoms with van der Waals surface area (Å²) in [6.07, 6.45) is 4.34. The van der Waals surface area contributed by atoms with E-state index in [-0.39, 0.29) is 36.8 Å². The molecule has 2 fully saturated rings. The summed E-state index contributed by atoms with van der Waals surface area (Å²) in [5.41, 5.74) is 0.778. The van der Waals surface area contributed by atoms with E-state index in [2.05, 4.69) is 15.5 Å². The molecule has 0 unspecified atom stereocenters. The van der Waals surface area contributed by atoms with Crippen LogP contribution in [0.5, 0.6) is 0 Å². The maximum Gasteiger partial charge on any atom is 0.234 e. The highest BCUT2D eigenvalue weighted by Gasteiger charge is 2.22. The van der Waals surface area contributed by atoms with Gasteiger partial charge in [0.05, 0.1) is 6.54 Å². The van der Waals surface area contributed by atoms with Gasteiger partial charge in [0.15, 0.2) is 11.6 Å². The van der Waals surface area contributed by atoms with Crippen molar-refractivity contribution in [3.8, 4) is 0 Å². The summed E-state index contributed by atoms with van der Waals surface area (Å²) >= 11 is 0. The Labute approximate surface area is 165 Å². The quantitative estimate of drug-likeness (QED) is 0.727. The number of nitrogens with zero attached hydrogens (tertiary/aromatic N) is 1. The normalized spacial score (nSPS) is 17.9.